The van der Waals surface area contributed by atoms with Crippen LogP contribution in [0.3, 0.4) is 0 Å². The number of carbonyl (C=O) groups is 1. The summed E-state index contributed by atoms with van der Waals surface area (Å²) in [6.07, 6.45) is 9.06. The van der Waals surface area contributed by atoms with Gasteiger partial charge in [-0.15, -0.1) is 0 Å². The topological polar surface area (TPSA) is 43.1 Å². The van der Waals surface area contributed by atoms with Gasteiger partial charge in [0.15, 0.2) is 0 Å². The Morgan fingerprint density at radius 2 is 1.87 bits per heavy atom. The normalized spacial score (nSPS) is 47.5. The Bertz CT molecular complexity index is 325. The van der Waals surface area contributed by atoms with E-state index >= 15 is 0 Å². The molecule has 2 heteroatoms. The predicted molar refractivity (Wildman–Crippen MR) is 58.9 cm³/mol. The van der Waals surface area contributed by atoms with Crippen LogP contribution in [0.4, 0.5) is 0 Å². The van der Waals surface area contributed by atoms with Gasteiger partial charge in [-0.2, -0.15) is 0 Å². The Labute approximate surface area is 90.9 Å². The Hall–Kier alpha value is -0.790. The number of rotatable bonds is 2. The van der Waals surface area contributed by atoms with Gasteiger partial charge in [0.25, 0.3) is 0 Å². The van der Waals surface area contributed by atoms with Crippen LogP contribution in [0.2, 0.25) is 0 Å². The van der Waals surface area contributed by atoms with Gasteiger partial charge in [-0.1, -0.05) is 6.08 Å². The Balaban J connectivity index is 1.88. The largest absolute Gasteiger partial charge is 0.366 e. The molecule has 0 heterocycles. The Morgan fingerprint density at radius 1 is 1.27 bits per heavy atom. The second-order valence-electron chi connectivity index (χ2n) is 6.02. The highest BCUT2D eigenvalue weighted by atomic mass is 16.1. The first kappa shape index (κ1) is 9.44. The van der Waals surface area contributed by atoms with Crippen molar-refractivity contribution in [2.75, 3.05) is 0 Å². The second kappa shape index (κ2) is 2.87. The van der Waals surface area contributed by atoms with Crippen molar-refractivity contribution in [2.24, 2.45) is 28.9 Å². The molecule has 4 bridgehead atoms. The van der Waals surface area contributed by atoms with Gasteiger partial charge in [-0.05, 0) is 62.2 Å². The lowest BCUT2D eigenvalue weighted by Gasteiger charge is -2.36. The summed E-state index contributed by atoms with van der Waals surface area (Å²) in [5, 5.41) is 0. The van der Waals surface area contributed by atoms with Crippen LogP contribution in [-0.4, -0.2) is 5.91 Å². The molecule has 2 unspecified atom stereocenters. The average Bonchev–Trinajstić information content (AvgIpc) is 2.53. The second-order valence-corrected chi connectivity index (χ2v) is 6.02. The van der Waals surface area contributed by atoms with Crippen LogP contribution in [0.15, 0.2) is 11.6 Å². The van der Waals surface area contributed by atoms with E-state index in [1.54, 1.807) is 0 Å². The van der Waals surface area contributed by atoms with Gasteiger partial charge in [0.1, 0.15) is 0 Å². The lowest BCUT2D eigenvalue weighted by atomic mass is 9.69. The molecule has 82 valence electrons. The van der Waals surface area contributed by atoms with E-state index in [0.29, 0.717) is 5.41 Å². The molecule has 0 spiro atoms. The number of amides is 1. The smallest absolute Gasteiger partial charge is 0.244 e. The molecule has 2 atom stereocenters. The van der Waals surface area contributed by atoms with E-state index < -0.39 is 0 Å². The summed E-state index contributed by atoms with van der Waals surface area (Å²) in [4.78, 5) is 11.1. The molecular formula is C13H19NO. The maximum absolute atomic E-state index is 11.1. The predicted octanol–water partition coefficient (Wildman–Crippen LogP) is 2.24. The SMILES string of the molecule is CC(=CC12CC3CC(C1)C(C3)C2)C(N)=O. The van der Waals surface area contributed by atoms with Gasteiger partial charge in [0, 0.05) is 5.57 Å². The van der Waals surface area contributed by atoms with Crippen molar-refractivity contribution in [3.63, 3.8) is 0 Å². The molecule has 0 aliphatic heterocycles. The number of primary amides is 1. The van der Waals surface area contributed by atoms with Gasteiger partial charge in [-0.3, -0.25) is 4.79 Å². The molecule has 0 aromatic heterocycles. The molecule has 4 rings (SSSR count). The molecule has 0 radical (unpaired) electrons. The van der Waals surface area contributed by atoms with Crippen molar-refractivity contribution in [3.8, 4) is 0 Å². The molecule has 4 fully saturated rings. The third kappa shape index (κ3) is 1.34. The zero-order valence-corrected chi connectivity index (χ0v) is 9.33. The number of hydrogen-bond acceptors (Lipinski definition) is 1. The van der Waals surface area contributed by atoms with E-state index in [-0.39, 0.29) is 5.91 Å². The number of hydrogen-bond donors (Lipinski definition) is 1. The van der Waals surface area contributed by atoms with Crippen molar-refractivity contribution in [3.05, 3.63) is 11.6 Å². The van der Waals surface area contributed by atoms with E-state index in [1.165, 1.54) is 32.1 Å². The van der Waals surface area contributed by atoms with Gasteiger partial charge in [-0.25, -0.2) is 0 Å². The average molecular weight is 205 g/mol. The molecule has 1 amide bonds. The third-order valence-corrected chi connectivity index (χ3v) is 4.88. The van der Waals surface area contributed by atoms with Crippen molar-refractivity contribution < 1.29 is 4.79 Å². The fraction of sp³-hybridized carbons (Fsp3) is 0.769. The van der Waals surface area contributed by atoms with Crippen molar-refractivity contribution in [1.82, 2.24) is 0 Å². The first-order valence-electron chi connectivity index (χ1n) is 6.07. The van der Waals surface area contributed by atoms with Crippen LogP contribution in [-0.2, 0) is 4.79 Å². The van der Waals surface area contributed by atoms with Crippen molar-refractivity contribution >= 4 is 5.91 Å². The van der Waals surface area contributed by atoms with Crippen LogP contribution in [0.25, 0.3) is 0 Å². The molecule has 0 aromatic rings. The number of nitrogens with two attached hydrogens (primary N) is 1. The summed E-state index contributed by atoms with van der Waals surface area (Å²) in [5.41, 5.74) is 6.45. The first-order chi connectivity index (χ1) is 7.08. The molecule has 15 heavy (non-hydrogen) atoms. The Kier molecular flexibility index (Phi) is 1.80. The van der Waals surface area contributed by atoms with Crippen LogP contribution in [0, 0.1) is 23.2 Å². The number of allylic oxidation sites excluding steroid dienone is 1. The minimum absolute atomic E-state index is 0.243. The van der Waals surface area contributed by atoms with Gasteiger partial charge in [0.05, 0.1) is 0 Å². The summed E-state index contributed by atoms with van der Waals surface area (Å²) >= 11 is 0. The van der Waals surface area contributed by atoms with Crippen LogP contribution >= 0.6 is 0 Å². The fourth-order valence-electron chi connectivity index (χ4n) is 4.58. The zero-order valence-electron chi connectivity index (χ0n) is 9.33. The highest BCUT2D eigenvalue weighted by molar-refractivity contribution is 5.91. The molecular weight excluding hydrogens is 186 g/mol. The minimum atomic E-state index is -0.243. The summed E-state index contributed by atoms with van der Waals surface area (Å²) in [7, 11) is 0. The standard InChI is InChI=1S/C13H19NO/c1-8(12(14)15)4-13-5-9-2-10(6-13)11(3-9)7-13/h4,9-11H,2-3,5-7H2,1H3,(H2,14,15). The van der Waals surface area contributed by atoms with Gasteiger partial charge in [0.2, 0.25) is 5.91 Å². The van der Waals surface area contributed by atoms with Crippen molar-refractivity contribution in [2.45, 2.75) is 39.0 Å². The Morgan fingerprint density at radius 3 is 2.33 bits per heavy atom. The molecule has 4 saturated carbocycles. The van der Waals surface area contributed by atoms with E-state index in [1.807, 2.05) is 6.92 Å². The van der Waals surface area contributed by atoms with Crippen LogP contribution < -0.4 is 5.73 Å². The molecule has 4 aliphatic carbocycles. The zero-order chi connectivity index (χ0) is 10.6. The van der Waals surface area contributed by atoms with E-state index in [9.17, 15) is 4.79 Å². The molecule has 4 aliphatic rings. The van der Waals surface area contributed by atoms with E-state index in [4.69, 9.17) is 5.73 Å². The maximum Gasteiger partial charge on any atom is 0.244 e. The summed E-state index contributed by atoms with van der Waals surface area (Å²) in [5.74, 6) is 2.62. The molecule has 2 nitrogen and oxygen atoms in total. The molecule has 0 aromatic carbocycles. The lowest BCUT2D eigenvalue weighted by Crippen LogP contribution is -2.26. The van der Waals surface area contributed by atoms with Crippen molar-refractivity contribution in [1.29, 1.82) is 0 Å². The van der Waals surface area contributed by atoms with E-state index in [2.05, 4.69) is 6.08 Å². The number of carbonyl (C=O) groups excluding carboxylic acids is 1. The summed E-state index contributed by atoms with van der Waals surface area (Å²) in [6, 6.07) is 0. The summed E-state index contributed by atoms with van der Waals surface area (Å²) in [6.45, 7) is 1.87. The van der Waals surface area contributed by atoms with Gasteiger partial charge < -0.3 is 5.73 Å². The van der Waals surface area contributed by atoms with E-state index in [0.717, 1.165) is 23.3 Å². The maximum atomic E-state index is 11.1. The summed E-state index contributed by atoms with van der Waals surface area (Å²) < 4.78 is 0. The first-order valence-corrected chi connectivity index (χ1v) is 6.07. The third-order valence-electron chi connectivity index (χ3n) is 4.88. The van der Waals surface area contributed by atoms with Gasteiger partial charge >= 0.3 is 0 Å². The lowest BCUT2D eigenvalue weighted by molar-refractivity contribution is -0.114. The monoisotopic (exact) mass is 205 g/mol. The molecule has 2 N–H and O–H groups in total. The highest BCUT2D eigenvalue weighted by Gasteiger charge is 2.54. The highest BCUT2D eigenvalue weighted by Crippen LogP contribution is 2.64. The van der Waals surface area contributed by atoms with Crippen LogP contribution in [0.1, 0.15) is 39.0 Å². The van der Waals surface area contributed by atoms with Crippen LogP contribution in [0.5, 0.6) is 0 Å². The molecule has 0 saturated heterocycles. The fourth-order valence-corrected chi connectivity index (χ4v) is 4.58. The minimum Gasteiger partial charge on any atom is -0.366 e. The quantitative estimate of drug-likeness (QED) is 0.690.